The second-order valence-electron chi connectivity index (χ2n) is 5.93. The lowest BCUT2D eigenvalue weighted by Crippen LogP contribution is -2.40. The maximum atomic E-state index is 12.2. The smallest absolute Gasteiger partial charge is 0.252 e. The van der Waals surface area contributed by atoms with Crippen LogP contribution in [0.3, 0.4) is 0 Å². The summed E-state index contributed by atoms with van der Waals surface area (Å²) in [6.45, 7) is 6.24. The van der Waals surface area contributed by atoms with Gasteiger partial charge < -0.3 is 10.4 Å². The van der Waals surface area contributed by atoms with Gasteiger partial charge >= 0.3 is 0 Å². The molecule has 1 amide bonds. The predicted octanol–water partition coefficient (Wildman–Crippen LogP) is 2.76. The highest BCUT2D eigenvalue weighted by molar-refractivity contribution is 7.10. The molecule has 1 heterocycles. The molecule has 0 saturated carbocycles. The van der Waals surface area contributed by atoms with E-state index in [0.29, 0.717) is 13.0 Å². The molecule has 3 nitrogen and oxygen atoms in total. The fourth-order valence-electron chi connectivity index (χ4n) is 2.36. The lowest BCUT2D eigenvalue weighted by Gasteiger charge is -2.22. The minimum atomic E-state index is -0.819. The highest BCUT2D eigenvalue weighted by Crippen LogP contribution is 2.32. The van der Waals surface area contributed by atoms with E-state index >= 15 is 0 Å². The number of aliphatic hydroxyl groups is 1. The zero-order valence-corrected chi connectivity index (χ0v) is 12.8. The van der Waals surface area contributed by atoms with E-state index in [-0.39, 0.29) is 5.91 Å². The summed E-state index contributed by atoms with van der Waals surface area (Å²) < 4.78 is 0. The predicted molar refractivity (Wildman–Crippen MR) is 78.8 cm³/mol. The second kappa shape index (κ2) is 5.63. The molecule has 0 aromatic carbocycles. The van der Waals surface area contributed by atoms with Crippen molar-refractivity contribution in [2.45, 2.75) is 52.1 Å². The summed E-state index contributed by atoms with van der Waals surface area (Å²) in [5.41, 5.74) is 1.23. The first kappa shape index (κ1) is 14.5. The van der Waals surface area contributed by atoms with Gasteiger partial charge in [-0.2, -0.15) is 0 Å². The topological polar surface area (TPSA) is 49.3 Å². The van der Waals surface area contributed by atoms with E-state index in [2.05, 4.69) is 12.2 Å². The van der Waals surface area contributed by atoms with Crippen molar-refractivity contribution in [1.82, 2.24) is 5.32 Å². The van der Waals surface area contributed by atoms with Crippen molar-refractivity contribution in [1.29, 1.82) is 0 Å². The lowest BCUT2D eigenvalue weighted by atomic mass is 9.88. The molecule has 0 fully saturated rings. The van der Waals surface area contributed by atoms with Gasteiger partial charge in [0.1, 0.15) is 0 Å². The minimum absolute atomic E-state index is 0.0409. The highest BCUT2D eigenvalue weighted by atomic mass is 32.1. The zero-order valence-electron chi connectivity index (χ0n) is 12.0. The molecule has 0 spiro atoms. The third-order valence-corrected chi connectivity index (χ3v) is 5.09. The van der Waals surface area contributed by atoms with Gasteiger partial charge in [0.2, 0.25) is 0 Å². The van der Waals surface area contributed by atoms with Crippen molar-refractivity contribution >= 4 is 17.2 Å². The van der Waals surface area contributed by atoms with Gasteiger partial charge in [0.05, 0.1) is 11.2 Å². The molecule has 0 saturated heterocycles. The van der Waals surface area contributed by atoms with Crippen molar-refractivity contribution in [3.8, 4) is 0 Å². The number of rotatable bonds is 4. The van der Waals surface area contributed by atoms with E-state index in [9.17, 15) is 9.90 Å². The first-order valence-electron chi connectivity index (χ1n) is 7.02. The molecule has 1 aliphatic carbocycles. The third kappa shape index (κ3) is 3.37. The molecule has 19 heavy (non-hydrogen) atoms. The van der Waals surface area contributed by atoms with Gasteiger partial charge in [-0.25, -0.2) is 0 Å². The lowest BCUT2D eigenvalue weighted by molar-refractivity contribution is 0.0518. The number of hydrogen-bond acceptors (Lipinski definition) is 3. The van der Waals surface area contributed by atoms with Gasteiger partial charge in [-0.05, 0) is 44.1 Å². The number of carbonyl (C=O) groups excluding carboxylic acids is 1. The minimum Gasteiger partial charge on any atom is -0.388 e. The van der Waals surface area contributed by atoms with Crippen molar-refractivity contribution in [2.24, 2.45) is 5.92 Å². The monoisotopic (exact) mass is 281 g/mol. The maximum Gasteiger partial charge on any atom is 0.252 e. The summed E-state index contributed by atoms with van der Waals surface area (Å²) in [5, 5.41) is 14.8. The summed E-state index contributed by atoms with van der Waals surface area (Å²) >= 11 is 1.70. The normalized spacial score (nSPS) is 21.6. The molecule has 0 aliphatic heterocycles. The molecule has 1 aromatic heterocycles. The number of carbonyl (C=O) groups is 1. The summed E-state index contributed by atoms with van der Waals surface area (Å²) in [6, 6.07) is 0. The molecule has 2 unspecified atom stereocenters. The molecule has 0 bridgehead atoms. The average Bonchev–Trinajstić information content (AvgIpc) is 2.79. The van der Waals surface area contributed by atoms with Crippen molar-refractivity contribution in [2.75, 3.05) is 6.54 Å². The van der Waals surface area contributed by atoms with Crippen molar-refractivity contribution in [3.63, 3.8) is 0 Å². The summed E-state index contributed by atoms with van der Waals surface area (Å²) in [6.07, 6.45) is 3.90. The van der Waals surface area contributed by atoms with Crippen LogP contribution in [0.4, 0.5) is 0 Å². The maximum absolute atomic E-state index is 12.2. The van der Waals surface area contributed by atoms with E-state index in [1.54, 1.807) is 18.3 Å². The van der Waals surface area contributed by atoms with Crippen molar-refractivity contribution < 1.29 is 9.90 Å². The molecule has 106 valence electrons. The number of hydrogen-bond donors (Lipinski definition) is 2. The fourth-order valence-corrected chi connectivity index (χ4v) is 3.60. The van der Waals surface area contributed by atoms with Crippen LogP contribution in [0.2, 0.25) is 0 Å². The SMILES string of the molecule is CCC(C)(O)CNC(=O)c1csc2c1CCC(C)C2. The Hall–Kier alpha value is -0.870. The van der Waals surface area contributed by atoms with E-state index in [1.165, 1.54) is 10.4 Å². The fraction of sp³-hybridized carbons (Fsp3) is 0.667. The van der Waals surface area contributed by atoms with E-state index in [0.717, 1.165) is 30.7 Å². The Morgan fingerprint density at radius 3 is 3.05 bits per heavy atom. The van der Waals surface area contributed by atoms with Crippen LogP contribution in [0.15, 0.2) is 5.38 Å². The third-order valence-electron chi connectivity index (χ3n) is 4.04. The Balaban J connectivity index is 2.05. The molecule has 0 radical (unpaired) electrons. The first-order valence-corrected chi connectivity index (χ1v) is 7.90. The van der Waals surface area contributed by atoms with Crippen LogP contribution in [0.5, 0.6) is 0 Å². The number of nitrogens with one attached hydrogen (secondary N) is 1. The highest BCUT2D eigenvalue weighted by Gasteiger charge is 2.24. The number of thiophene rings is 1. The number of fused-ring (bicyclic) bond motifs is 1. The standard InChI is InChI=1S/C15H23NO2S/c1-4-15(3,18)9-16-14(17)12-8-19-13-7-10(2)5-6-11(12)13/h8,10,18H,4-7,9H2,1-3H3,(H,16,17). The van der Waals surface area contributed by atoms with Crippen molar-refractivity contribution in [3.05, 3.63) is 21.4 Å². The quantitative estimate of drug-likeness (QED) is 0.891. The first-order chi connectivity index (χ1) is 8.93. The van der Waals surface area contributed by atoms with Crippen LogP contribution in [-0.4, -0.2) is 23.2 Å². The summed E-state index contributed by atoms with van der Waals surface area (Å²) in [5.74, 6) is 0.684. The largest absolute Gasteiger partial charge is 0.388 e. The van der Waals surface area contributed by atoms with E-state index in [4.69, 9.17) is 0 Å². The molecule has 2 rings (SSSR count). The average molecular weight is 281 g/mol. The molecule has 1 aromatic rings. The van der Waals surface area contributed by atoms with Gasteiger partial charge in [0, 0.05) is 16.8 Å². The van der Waals surface area contributed by atoms with Crippen LogP contribution < -0.4 is 5.32 Å². The van der Waals surface area contributed by atoms with Gasteiger partial charge in [0.25, 0.3) is 5.91 Å². The Morgan fingerprint density at radius 1 is 1.63 bits per heavy atom. The van der Waals surface area contributed by atoms with Gasteiger partial charge in [-0.3, -0.25) is 4.79 Å². The Kier molecular flexibility index (Phi) is 4.31. The second-order valence-corrected chi connectivity index (χ2v) is 6.90. The van der Waals surface area contributed by atoms with Gasteiger partial charge in [0.15, 0.2) is 0 Å². The molecule has 2 atom stereocenters. The molecule has 1 aliphatic rings. The van der Waals surface area contributed by atoms with Crippen LogP contribution in [-0.2, 0) is 12.8 Å². The van der Waals surface area contributed by atoms with Crippen LogP contribution >= 0.6 is 11.3 Å². The molecular weight excluding hydrogens is 258 g/mol. The summed E-state index contributed by atoms with van der Waals surface area (Å²) in [7, 11) is 0. The Labute approximate surface area is 119 Å². The van der Waals surface area contributed by atoms with Gasteiger partial charge in [-0.15, -0.1) is 11.3 Å². The summed E-state index contributed by atoms with van der Waals surface area (Å²) in [4.78, 5) is 13.6. The molecule has 2 N–H and O–H groups in total. The zero-order chi connectivity index (χ0) is 14.0. The Morgan fingerprint density at radius 2 is 2.37 bits per heavy atom. The van der Waals surface area contributed by atoms with Crippen LogP contribution in [0, 0.1) is 5.92 Å². The molecular formula is C15H23NO2S. The van der Waals surface area contributed by atoms with E-state index < -0.39 is 5.60 Å². The molecule has 4 heteroatoms. The van der Waals surface area contributed by atoms with Crippen LogP contribution in [0.25, 0.3) is 0 Å². The Bertz CT molecular complexity index is 465. The van der Waals surface area contributed by atoms with Crippen LogP contribution in [0.1, 0.15) is 54.4 Å². The van der Waals surface area contributed by atoms with Gasteiger partial charge in [-0.1, -0.05) is 13.8 Å². The van der Waals surface area contributed by atoms with E-state index in [1.807, 2.05) is 12.3 Å². The number of amides is 1.